The lowest BCUT2D eigenvalue weighted by molar-refractivity contribution is 0.0697. The van der Waals surface area contributed by atoms with E-state index >= 15 is 0 Å². The summed E-state index contributed by atoms with van der Waals surface area (Å²) in [5.41, 5.74) is 6.92. The predicted molar refractivity (Wildman–Crippen MR) is 92.3 cm³/mol. The second-order valence-electron chi connectivity index (χ2n) is 6.48. The highest BCUT2D eigenvalue weighted by Crippen LogP contribution is 2.39. The summed E-state index contributed by atoms with van der Waals surface area (Å²) in [6.07, 6.45) is -0.661. The number of nitrogens with two attached hydrogens (primary N) is 1. The highest BCUT2D eigenvalue weighted by molar-refractivity contribution is 5.96. The number of carbonyl (C=O) groups is 1. The molecule has 27 heavy (non-hydrogen) atoms. The van der Waals surface area contributed by atoms with E-state index in [9.17, 15) is 18.0 Å². The summed E-state index contributed by atoms with van der Waals surface area (Å²) >= 11 is 0. The van der Waals surface area contributed by atoms with E-state index in [-0.39, 0.29) is 11.1 Å². The van der Waals surface area contributed by atoms with Crippen LogP contribution in [0.1, 0.15) is 27.6 Å². The van der Waals surface area contributed by atoms with Crippen molar-refractivity contribution in [2.24, 2.45) is 5.73 Å². The number of carboxylic acid groups (broad SMARTS) is 1. The van der Waals surface area contributed by atoms with Gasteiger partial charge in [-0.05, 0) is 41.5 Å². The summed E-state index contributed by atoms with van der Waals surface area (Å²) in [6, 6.07) is 8.58. The Hall–Kier alpha value is -3.06. The highest BCUT2D eigenvalue weighted by Gasteiger charge is 2.32. The number of benzene rings is 3. The minimum atomic E-state index is -1.28. The van der Waals surface area contributed by atoms with Gasteiger partial charge in [0.15, 0.2) is 11.6 Å². The fraction of sp³-hybridized carbons (Fsp3) is 0.150. The van der Waals surface area contributed by atoms with Crippen LogP contribution < -0.4 is 10.5 Å². The molecule has 0 aliphatic carbocycles. The number of fused-ring (bicyclic) bond motifs is 3. The molecule has 0 saturated carbocycles. The van der Waals surface area contributed by atoms with E-state index < -0.39 is 35.6 Å². The Labute approximate surface area is 152 Å². The van der Waals surface area contributed by atoms with Crippen LogP contribution in [0.2, 0.25) is 0 Å². The number of hydrogen-bond acceptors (Lipinski definition) is 3. The van der Waals surface area contributed by atoms with Crippen LogP contribution in [0.15, 0.2) is 42.5 Å². The van der Waals surface area contributed by atoms with Gasteiger partial charge in [0.1, 0.15) is 17.7 Å². The van der Waals surface area contributed by atoms with Crippen LogP contribution in [0.5, 0.6) is 5.75 Å². The van der Waals surface area contributed by atoms with Crippen LogP contribution in [0, 0.1) is 17.5 Å². The van der Waals surface area contributed by atoms with Crippen LogP contribution in [-0.4, -0.2) is 17.1 Å². The molecule has 0 radical (unpaired) electrons. The Kier molecular flexibility index (Phi) is 4.04. The van der Waals surface area contributed by atoms with Gasteiger partial charge in [0.05, 0.1) is 11.6 Å². The molecule has 1 aliphatic heterocycles. The van der Waals surface area contributed by atoms with Crippen molar-refractivity contribution in [3.8, 4) is 5.75 Å². The molecule has 138 valence electrons. The van der Waals surface area contributed by atoms with E-state index in [1.807, 2.05) is 0 Å². The minimum Gasteiger partial charge on any atom is -0.484 e. The van der Waals surface area contributed by atoms with Crippen molar-refractivity contribution in [3.05, 3.63) is 76.6 Å². The molecule has 7 heteroatoms. The van der Waals surface area contributed by atoms with Crippen LogP contribution in [-0.2, 0) is 6.42 Å². The van der Waals surface area contributed by atoms with E-state index in [2.05, 4.69) is 0 Å². The lowest BCUT2D eigenvalue weighted by Crippen LogP contribution is -2.38. The molecule has 1 heterocycles. The van der Waals surface area contributed by atoms with Crippen LogP contribution in [0.3, 0.4) is 0 Å². The molecule has 4 rings (SSSR count). The third-order valence-corrected chi connectivity index (χ3v) is 4.76. The molecule has 2 atom stereocenters. The van der Waals surface area contributed by atoms with Crippen LogP contribution in [0.25, 0.3) is 10.8 Å². The number of aromatic carboxylic acids is 1. The first kappa shape index (κ1) is 17.4. The molecule has 0 spiro atoms. The zero-order valence-electron chi connectivity index (χ0n) is 13.9. The quantitative estimate of drug-likeness (QED) is 0.667. The van der Waals surface area contributed by atoms with Crippen molar-refractivity contribution in [1.29, 1.82) is 0 Å². The molecule has 3 aromatic rings. The van der Waals surface area contributed by atoms with Crippen molar-refractivity contribution in [2.45, 2.75) is 18.6 Å². The molecule has 0 fully saturated rings. The van der Waals surface area contributed by atoms with Gasteiger partial charge in [0.25, 0.3) is 0 Å². The summed E-state index contributed by atoms with van der Waals surface area (Å²) in [7, 11) is 0. The fourth-order valence-corrected chi connectivity index (χ4v) is 3.45. The normalized spacial score (nSPS) is 18.8. The van der Waals surface area contributed by atoms with Crippen LogP contribution in [0.4, 0.5) is 13.2 Å². The Balaban J connectivity index is 1.78. The highest BCUT2D eigenvalue weighted by atomic mass is 19.2. The van der Waals surface area contributed by atoms with E-state index in [0.717, 1.165) is 17.0 Å². The average Bonchev–Trinajstić information content (AvgIpc) is 2.64. The van der Waals surface area contributed by atoms with E-state index in [1.54, 1.807) is 24.3 Å². The van der Waals surface area contributed by atoms with Gasteiger partial charge in [-0.15, -0.1) is 0 Å². The topological polar surface area (TPSA) is 72.6 Å². The molecular formula is C20H14F3NO3. The van der Waals surface area contributed by atoms with Gasteiger partial charge < -0.3 is 15.6 Å². The zero-order chi connectivity index (χ0) is 19.3. The minimum absolute atomic E-state index is 0.145. The molecular weight excluding hydrogens is 359 g/mol. The number of halogens is 3. The molecule has 0 bridgehead atoms. The summed E-state index contributed by atoms with van der Waals surface area (Å²) in [5, 5.41) is 10.6. The lowest BCUT2D eigenvalue weighted by atomic mass is 9.89. The predicted octanol–water partition coefficient (Wildman–Crippen LogP) is 3.96. The first-order valence-electron chi connectivity index (χ1n) is 8.21. The summed E-state index contributed by atoms with van der Waals surface area (Å²) < 4.78 is 46.7. The summed E-state index contributed by atoms with van der Waals surface area (Å²) in [6.45, 7) is 0. The van der Waals surface area contributed by atoms with Crippen molar-refractivity contribution in [3.63, 3.8) is 0 Å². The molecule has 0 amide bonds. The lowest BCUT2D eigenvalue weighted by Gasteiger charge is -2.32. The van der Waals surface area contributed by atoms with Gasteiger partial charge in [-0.2, -0.15) is 0 Å². The SMILES string of the molecule is NC1Cc2c(ccc3cc(C(=O)O)ccc23)OC1c1cc(F)c(F)cc1F. The van der Waals surface area contributed by atoms with Crippen molar-refractivity contribution in [2.75, 3.05) is 0 Å². The number of hydrogen-bond donors (Lipinski definition) is 2. The molecule has 2 unspecified atom stereocenters. The van der Waals surface area contributed by atoms with E-state index in [4.69, 9.17) is 15.6 Å². The van der Waals surface area contributed by atoms with Gasteiger partial charge >= 0.3 is 5.97 Å². The Morgan fingerprint density at radius 3 is 2.52 bits per heavy atom. The standard InChI is InChI=1S/C20H14F3NO3/c21-14-8-16(23)15(22)6-13(14)19-17(24)7-12-11-3-1-10(20(25)26)5-9(11)2-4-18(12)27-19/h1-6,8,17,19H,7,24H2,(H,25,26). The second kappa shape index (κ2) is 6.28. The number of carboxylic acids is 1. The van der Waals surface area contributed by atoms with Crippen molar-refractivity contribution >= 4 is 16.7 Å². The molecule has 3 aromatic carbocycles. The van der Waals surface area contributed by atoms with Crippen molar-refractivity contribution < 1.29 is 27.8 Å². The van der Waals surface area contributed by atoms with Gasteiger partial charge in [-0.25, -0.2) is 18.0 Å². The summed E-state index contributed by atoms with van der Waals surface area (Å²) in [5.74, 6) is -3.96. The molecule has 1 aliphatic rings. The number of ether oxygens (including phenoxy) is 1. The van der Waals surface area contributed by atoms with E-state index in [1.165, 1.54) is 6.07 Å². The van der Waals surface area contributed by atoms with Gasteiger partial charge in [0.2, 0.25) is 0 Å². The smallest absolute Gasteiger partial charge is 0.335 e. The monoisotopic (exact) mass is 373 g/mol. The maximum atomic E-state index is 14.1. The molecule has 0 aromatic heterocycles. The largest absolute Gasteiger partial charge is 0.484 e. The van der Waals surface area contributed by atoms with Gasteiger partial charge in [-0.1, -0.05) is 12.1 Å². The average molecular weight is 373 g/mol. The van der Waals surface area contributed by atoms with E-state index in [0.29, 0.717) is 23.6 Å². The third kappa shape index (κ3) is 2.90. The Bertz CT molecular complexity index is 1080. The summed E-state index contributed by atoms with van der Waals surface area (Å²) in [4.78, 5) is 11.1. The first-order valence-corrected chi connectivity index (χ1v) is 8.21. The van der Waals surface area contributed by atoms with Gasteiger partial charge in [0, 0.05) is 17.2 Å². The third-order valence-electron chi connectivity index (χ3n) is 4.76. The van der Waals surface area contributed by atoms with Gasteiger partial charge in [-0.3, -0.25) is 0 Å². The Morgan fingerprint density at radius 2 is 1.78 bits per heavy atom. The fourth-order valence-electron chi connectivity index (χ4n) is 3.45. The zero-order valence-corrected chi connectivity index (χ0v) is 13.9. The van der Waals surface area contributed by atoms with Crippen molar-refractivity contribution in [1.82, 2.24) is 0 Å². The molecule has 4 nitrogen and oxygen atoms in total. The first-order chi connectivity index (χ1) is 12.8. The maximum absolute atomic E-state index is 14.1. The van der Waals surface area contributed by atoms with Crippen LogP contribution >= 0.6 is 0 Å². The molecule has 0 saturated heterocycles. The number of rotatable bonds is 2. The second-order valence-corrected chi connectivity index (χ2v) is 6.48. The Morgan fingerprint density at radius 1 is 1.04 bits per heavy atom. The maximum Gasteiger partial charge on any atom is 0.335 e. The molecule has 3 N–H and O–H groups in total.